The summed E-state index contributed by atoms with van der Waals surface area (Å²) >= 11 is 0. The fourth-order valence-electron chi connectivity index (χ4n) is 2.87. The molecule has 0 N–H and O–H groups in total. The van der Waals surface area contributed by atoms with E-state index >= 15 is 0 Å². The molecule has 0 unspecified atom stereocenters. The average Bonchev–Trinajstić information content (AvgIpc) is 2.23. The summed E-state index contributed by atoms with van der Waals surface area (Å²) in [6, 6.07) is 0. The Hall–Kier alpha value is -0.813. The van der Waals surface area contributed by atoms with Gasteiger partial charge in [-0.05, 0) is 29.6 Å². The van der Waals surface area contributed by atoms with Gasteiger partial charge in [0.05, 0.1) is 0 Å². The highest BCUT2D eigenvalue weighted by Gasteiger charge is 2.41. The van der Waals surface area contributed by atoms with Crippen LogP contribution in [0.3, 0.4) is 0 Å². The quantitative estimate of drug-likeness (QED) is 0.351. The van der Waals surface area contributed by atoms with E-state index in [-0.39, 0.29) is 5.83 Å². The summed E-state index contributed by atoms with van der Waals surface area (Å²) in [5, 5.41) is 0. The lowest BCUT2D eigenvalue weighted by Crippen LogP contribution is -2.43. The van der Waals surface area contributed by atoms with Gasteiger partial charge in [-0.2, -0.15) is 0 Å². The van der Waals surface area contributed by atoms with Crippen LogP contribution in [0.1, 0.15) is 48.5 Å². The Balaban J connectivity index is 5.39. The summed E-state index contributed by atoms with van der Waals surface area (Å²) in [4.78, 5) is 0. The van der Waals surface area contributed by atoms with Crippen LogP contribution in [-0.2, 0) is 0 Å². The first kappa shape index (κ1) is 17.2. The average molecular weight is 266 g/mol. The summed E-state index contributed by atoms with van der Waals surface area (Å²) in [5.41, 5.74) is 5.22. The van der Waals surface area contributed by atoms with Crippen LogP contribution in [0.25, 0.3) is 0 Å². The molecule has 0 saturated heterocycles. The molecule has 0 aliphatic carbocycles. The van der Waals surface area contributed by atoms with Crippen molar-refractivity contribution in [2.24, 2.45) is 0 Å². The molecule has 0 rings (SSSR count). The van der Waals surface area contributed by atoms with Crippen molar-refractivity contribution in [1.82, 2.24) is 0 Å². The summed E-state index contributed by atoms with van der Waals surface area (Å²) < 4.78 is 13.3. The molecular formula is C16H27FSi. The number of halogens is 1. The molecule has 0 aliphatic heterocycles. The smallest absolute Gasteiger partial charge is 0.146 e. The minimum Gasteiger partial charge on any atom is -0.206 e. The molecule has 0 heterocycles. The van der Waals surface area contributed by atoms with Gasteiger partial charge < -0.3 is 0 Å². The van der Waals surface area contributed by atoms with Crippen LogP contribution in [-0.4, -0.2) is 8.07 Å². The normalized spacial score (nSPS) is 13.6. The van der Waals surface area contributed by atoms with E-state index in [1.165, 1.54) is 12.2 Å². The number of rotatable bonds is 4. The van der Waals surface area contributed by atoms with Crippen LogP contribution in [0, 0.1) is 11.5 Å². The largest absolute Gasteiger partial charge is 0.206 e. The maximum Gasteiger partial charge on any atom is 0.146 e. The monoisotopic (exact) mass is 266 g/mol. The molecule has 0 fully saturated rings. The molecule has 0 atom stereocenters. The number of allylic oxidation sites excluding steroid dienone is 4. The standard InChI is InChI=1S/C16H27FSi/c1-8-10-16(17)11-9-12-18(13(2)3,14(4)5)15(6)7/h8,10-11,13-15H,1-7H3/b10-8+,16-11-. The van der Waals surface area contributed by atoms with Gasteiger partial charge in [-0.25, -0.2) is 4.39 Å². The van der Waals surface area contributed by atoms with E-state index < -0.39 is 8.07 Å². The molecule has 0 radical (unpaired) electrons. The highest BCUT2D eigenvalue weighted by molar-refractivity contribution is 6.90. The molecule has 2 heteroatoms. The second-order valence-electron chi connectivity index (χ2n) is 5.70. The third-order valence-corrected chi connectivity index (χ3v) is 10.0. The Morgan fingerprint density at radius 1 is 1.00 bits per heavy atom. The van der Waals surface area contributed by atoms with Gasteiger partial charge >= 0.3 is 0 Å². The SMILES string of the molecule is C/C=C/C(F)=C/C#C[Si](C(C)C)(C(C)C)C(C)C. The van der Waals surface area contributed by atoms with Crippen molar-refractivity contribution in [2.45, 2.75) is 65.1 Å². The van der Waals surface area contributed by atoms with Crippen LogP contribution in [0.15, 0.2) is 24.1 Å². The molecule has 0 amide bonds. The molecule has 0 aromatic carbocycles. The number of hydrogen-bond donors (Lipinski definition) is 0. The van der Waals surface area contributed by atoms with E-state index in [0.29, 0.717) is 16.6 Å². The molecule has 0 spiro atoms. The molecule has 18 heavy (non-hydrogen) atoms. The molecule has 0 saturated carbocycles. The zero-order valence-corrected chi connectivity index (χ0v) is 13.8. The third kappa shape index (κ3) is 4.14. The third-order valence-electron chi connectivity index (χ3n) is 3.69. The molecular weight excluding hydrogens is 239 g/mol. The van der Waals surface area contributed by atoms with Crippen LogP contribution in [0.5, 0.6) is 0 Å². The molecule has 0 aliphatic rings. The predicted molar refractivity (Wildman–Crippen MR) is 82.8 cm³/mol. The lowest BCUT2D eigenvalue weighted by molar-refractivity contribution is 0.667. The fourth-order valence-corrected chi connectivity index (χ4v) is 8.06. The van der Waals surface area contributed by atoms with E-state index in [1.54, 1.807) is 13.0 Å². The maximum absolute atomic E-state index is 13.3. The first-order valence-electron chi connectivity index (χ1n) is 6.80. The summed E-state index contributed by atoms with van der Waals surface area (Å²) in [6.07, 6.45) is 4.53. The van der Waals surface area contributed by atoms with Gasteiger partial charge in [-0.1, -0.05) is 53.5 Å². The van der Waals surface area contributed by atoms with Crippen molar-refractivity contribution in [2.75, 3.05) is 0 Å². The van der Waals surface area contributed by atoms with E-state index in [4.69, 9.17) is 0 Å². The van der Waals surface area contributed by atoms with Gasteiger partial charge in [-0.15, -0.1) is 5.54 Å². The highest BCUT2D eigenvalue weighted by Crippen LogP contribution is 2.40. The van der Waals surface area contributed by atoms with Crippen LogP contribution in [0.4, 0.5) is 4.39 Å². The Labute approximate surface area is 113 Å². The number of hydrogen-bond acceptors (Lipinski definition) is 0. The Morgan fingerprint density at radius 2 is 1.44 bits per heavy atom. The van der Waals surface area contributed by atoms with E-state index in [2.05, 4.69) is 53.0 Å². The minimum absolute atomic E-state index is 0.260. The lowest BCUT2D eigenvalue weighted by Gasteiger charge is -2.37. The van der Waals surface area contributed by atoms with Crippen molar-refractivity contribution >= 4 is 8.07 Å². The summed E-state index contributed by atoms with van der Waals surface area (Å²) in [5.74, 6) is 2.72. The second kappa shape index (κ2) is 7.58. The highest BCUT2D eigenvalue weighted by atomic mass is 28.3. The second-order valence-corrected chi connectivity index (χ2v) is 11.3. The predicted octanol–water partition coefficient (Wildman–Crippen LogP) is 5.64. The maximum atomic E-state index is 13.3. The van der Waals surface area contributed by atoms with E-state index in [0.717, 1.165) is 0 Å². The zero-order chi connectivity index (χ0) is 14.3. The van der Waals surface area contributed by atoms with Gasteiger partial charge in [0.25, 0.3) is 0 Å². The van der Waals surface area contributed by atoms with Gasteiger partial charge in [-0.3, -0.25) is 0 Å². The van der Waals surface area contributed by atoms with Crippen molar-refractivity contribution in [1.29, 1.82) is 0 Å². The molecule has 0 aromatic heterocycles. The first-order valence-corrected chi connectivity index (χ1v) is 9.03. The Morgan fingerprint density at radius 3 is 1.78 bits per heavy atom. The fraction of sp³-hybridized carbons (Fsp3) is 0.625. The molecule has 0 bridgehead atoms. The van der Waals surface area contributed by atoms with Crippen LogP contribution >= 0.6 is 0 Å². The van der Waals surface area contributed by atoms with Crippen molar-refractivity contribution in [3.8, 4) is 11.5 Å². The van der Waals surface area contributed by atoms with Crippen LogP contribution in [0.2, 0.25) is 16.6 Å². The van der Waals surface area contributed by atoms with Crippen molar-refractivity contribution in [3.63, 3.8) is 0 Å². The van der Waals surface area contributed by atoms with Gasteiger partial charge in [0, 0.05) is 6.08 Å². The van der Waals surface area contributed by atoms with E-state index in [9.17, 15) is 4.39 Å². The lowest BCUT2D eigenvalue weighted by atomic mass is 10.4. The topological polar surface area (TPSA) is 0 Å². The van der Waals surface area contributed by atoms with Gasteiger partial charge in [0.15, 0.2) is 0 Å². The van der Waals surface area contributed by atoms with Gasteiger partial charge in [0.1, 0.15) is 13.9 Å². The van der Waals surface area contributed by atoms with Crippen LogP contribution < -0.4 is 0 Å². The molecule has 102 valence electrons. The first-order chi connectivity index (χ1) is 8.28. The molecule has 0 nitrogen and oxygen atoms in total. The van der Waals surface area contributed by atoms with Crippen molar-refractivity contribution in [3.05, 3.63) is 24.1 Å². The van der Waals surface area contributed by atoms with E-state index in [1.807, 2.05) is 0 Å². The van der Waals surface area contributed by atoms with Crippen molar-refractivity contribution < 1.29 is 4.39 Å². The summed E-state index contributed by atoms with van der Waals surface area (Å²) in [7, 11) is -1.71. The Kier molecular flexibility index (Phi) is 7.24. The Bertz CT molecular complexity index is 343. The molecule has 0 aromatic rings. The summed E-state index contributed by atoms with van der Waals surface area (Å²) in [6.45, 7) is 15.3. The zero-order valence-electron chi connectivity index (χ0n) is 12.8. The minimum atomic E-state index is -1.71. The van der Waals surface area contributed by atoms with Gasteiger partial charge in [0.2, 0.25) is 0 Å².